The molecule has 4 rings (SSSR count). The molecule has 0 spiro atoms. The van der Waals surface area contributed by atoms with Gasteiger partial charge in [-0.15, -0.1) is 11.3 Å². The molecule has 0 bridgehead atoms. The molecule has 7 heteroatoms. The Kier molecular flexibility index (Phi) is 6.67. The van der Waals surface area contributed by atoms with E-state index in [0.29, 0.717) is 11.5 Å². The van der Waals surface area contributed by atoms with Gasteiger partial charge in [0.2, 0.25) is 0 Å². The summed E-state index contributed by atoms with van der Waals surface area (Å²) >= 11 is 1.76. The summed E-state index contributed by atoms with van der Waals surface area (Å²) < 4.78 is 1.91. The maximum Gasteiger partial charge on any atom is 0.252 e. The van der Waals surface area contributed by atoms with Gasteiger partial charge in [0, 0.05) is 47.0 Å². The maximum atomic E-state index is 13.5. The van der Waals surface area contributed by atoms with Crippen molar-refractivity contribution in [2.45, 2.75) is 66.5 Å². The first-order valence-electron chi connectivity index (χ1n) is 11.7. The van der Waals surface area contributed by atoms with Crippen LogP contribution in [0.25, 0.3) is 22.3 Å². The van der Waals surface area contributed by atoms with Crippen molar-refractivity contribution in [3.05, 3.63) is 33.6 Å². The molecule has 1 N–H and O–H groups in total. The van der Waals surface area contributed by atoms with E-state index >= 15 is 0 Å². The Hall–Kier alpha value is -2.25. The minimum Gasteiger partial charge on any atom is -0.349 e. The number of carbonyl (C=O) groups excluding carboxylic acids is 1. The topological polar surface area (TPSA) is 63.1 Å². The normalized spacial score (nSPS) is 15.9. The Balaban J connectivity index is 1.64. The van der Waals surface area contributed by atoms with E-state index in [2.05, 4.69) is 62.9 Å². The predicted octanol–water partition coefficient (Wildman–Crippen LogP) is 5.21. The Bertz CT molecular complexity index is 1110. The van der Waals surface area contributed by atoms with Crippen molar-refractivity contribution in [3.8, 4) is 11.3 Å². The first kappa shape index (κ1) is 22.9. The molecule has 1 aliphatic rings. The van der Waals surface area contributed by atoms with Crippen LogP contribution in [0.15, 0.2) is 18.3 Å². The molecule has 1 aliphatic heterocycles. The van der Waals surface area contributed by atoms with E-state index in [1.807, 2.05) is 10.7 Å². The number of piperidine rings is 1. The lowest BCUT2D eigenvalue weighted by molar-refractivity contribution is 0.0909. The van der Waals surface area contributed by atoms with Crippen molar-refractivity contribution in [2.75, 3.05) is 19.6 Å². The molecule has 1 amide bonds. The van der Waals surface area contributed by atoms with E-state index in [0.717, 1.165) is 54.8 Å². The van der Waals surface area contributed by atoms with E-state index in [9.17, 15) is 4.79 Å². The molecule has 0 atom stereocenters. The fraction of sp³-hybridized carbons (Fsp3) is 0.560. The van der Waals surface area contributed by atoms with Crippen LogP contribution >= 0.6 is 11.3 Å². The van der Waals surface area contributed by atoms with Crippen molar-refractivity contribution < 1.29 is 4.79 Å². The summed E-state index contributed by atoms with van der Waals surface area (Å²) in [5.74, 6) is 0.653. The minimum atomic E-state index is -0.0196. The summed E-state index contributed by atoms with van der Waals surface area (Å²) in [6.07, 6.45) is 3.78. The van der Waals surface area contributed by atoms with E-state index in [4.69, 9.17) is 4.98 Å². The van der Waals surface area contributed by atoms with Crippen LogP contribution < -0.4 is 5.32 Å². The molecule has 6 nitrogen and oxygen atoms in total. The number of hydrogen-bond donors (Lipinski definition) is 1. The molecular formula is C25H35N5OS. The quantitative estimate of drug-likeness (QED) is 0.557. The lowest BCUT2D eigenvalue weighted by Gasteiger charge is -2.33. The van der Waals surface area contributed by atoms with Crippen molar-refractivity contribution in [1.82, 2.24) is 25.0 Å². The number of likely N-dealkylation sites (tertiary alicyclic amines) is 1. The molecule has 32 heavy (non-hydrogen) atoms. The number of pyridine rings is 1. The lowest BCUT2D eigenvalue weighted by Crippen LogP contribution is -2.45. The minimum absolute atomic E-state index is 0.0196. The number of nitrogens with zero attached hydrogens (tertiary/aromatic N) is 4. The van der Waals surface area contributed by atoms with Crippen molar-refractivity contribution in [2.24, 2.45) is 5.92 Å². The van der Waals surface area contributed by atoms with Crippen LogP contribution in [0, 0.1) is 19.8 Å². The molecule has 0 aliphatic carbocycles. The molecule has 3 aromatic rings. The third-order valence-corrected chi connectivity index (χ3v) is 7.13. The molecule has 1 fully saturated rings. The number of nitrogens with one attached hydrogen (secondary N) is 1. The number of rotatable bonds is 6. The molecule has 0 saturated carbocycles. The monoisotopic (exact) mass is 453 g/mol. The van der Waals surface area contributed by atoms with Crippen LogP contribution in [0.5, 0.6) is 0 Å². The van der Waals surface area contributed by atoms with Crippen molar-refractivity contribution in [3.63, 3.8) is 0 Å². The van der Waals surface area contributed by atoms with Gasteiger partial charge in [-0.2, -0.15) is 5.10 Å². The molecule has 3 aromatic heterocycles. The van der Waals surface area contributed by atoms with Gasteiger partial charge < -0.3 is 10.2 Å². The number of hydrogen-bond acceptors (Lipinski definition) is 5. The molecule has 0 aromatic carbocycles. The van der Waals surface area contributed by atoms with E-state index in [1.165, 1.54) is 9.75 Å². The zero-order valence-corrected chi connectivity index (χ0v) is 20.9. The van der Waals surface area contributed by atoms with E-state index in [1.54, 1.807) is 17.5 Å². The molecule has 0 radical (unpaired) electrons. The van der Waals surface area contributed by atoms with Crippen LogP contribution in [0.2, 0.25) is 0 Å². The third kappa shape index (κ3) is 4.74. The van der Waals surface area contributed by atoms with Crippen LogP contribution in [0.4, 0.5) is 0 Å². The number of aromatic nitrogens is 3. The molecule has 4 heterocycles. The standard InChI is InChI=1S/C25H35N5OS/c1-15(2)14-29-9-7-19(8-10-29)27-25(31)21-12-23(20-11-17(5)32-18(20)6)28-24-22(21)13-26-30(24)16(3)4/h11-13,15-16,19H,7-10,14H2,1-6H3,(H,27,31). The summed E-state index contributed by atoms with van der Waals surface area (Å²) in [4.78, 5) is 23.4. The average molecular weight is 454 g/mol. The fourth-order valence-corrected chi connectivity index (χ4v) is 5.58. The second kappa shape index (κ2) is 9.32. The highest BCUT2D eigenvalue weighted by atomic mass is 32.1. The van der Waals surface area contributed by atoms with E-state index in [-0.39, 0.29) is 18.0 Å². The Labute approximate surface area is 195 Å². The number of amides is 1. The first-order valence-corrected chi connectivity index (χ1v) is 12.5. The Morgan fingerprint density at radius 2 is 1.91 bits per heavy atom. The molecule has 0 unspecified atom stereocenters. The van der Waals surface area contributed by atoms with Gasteiger partial charge in [0.05, 0.1) is 22.8 Å². The molecule has 172 valence electrons. The summed E-state index contributed by atoms with van der Waals surface area (Å²) in [6.45, 7) is 16.1. The van der Waals surface area contributed by atoms with Gasteiger partial charge >= 0.3 is 0 Å². The van der Waals surface area contributed by atoms with Crippen molar-refractivity contribution >= 4 is 28.3 Å². The SMILES string of the molecule is Cc1cc(-c2cc(C(=O)NC3CCN(CC(C)C)CC3)c3cnn(C(C)C)c3n2)c(C)s1. The smallest absolute Gasteiger partial charge is 0.252 e. The zero-order chi connectivity index (χ0) is 23.0. The average Bonchev–Trinajstić information content (AvgIpc) is 3.30. The van der Waals surface area contributed by atoms with Gasteiger partial charge in [-0.1, -0.05) is 13.8 Å². The first-order chi connectivity index (χ1) is 15.2. The molecular weight excluding hydrogens is 418 g/mol. The van der Waals surface area contributed by atoms with Gasteiger partial charge in [-0.3, -0.25) is 4.79 Å². The van der Waals surface area contributed by atoms with Gasteiger partial charge in [-0.25, -0.2) is 9.67 Å². The van der Waals surface area contributed by atoms with Crippen LogP contribution in [-0.2, 0) is 0 Å². The predicted molar refractivity (Wildman–Crippen MR) is 132 cm³/mol. The highest BCUT2D eigenvalue weighted by Crippen LogP contribution is 2.32. The van der Waals surface area contributed by atoms with Gasteiger partial charge in [0.1, 0.15) is 0 Å². The highest BCUT2D eigenvalue weighted by molar-refractivity contribution is 7.12. The maximum absolute atomic E-state index is 13.5. The van der Waals surface area contributed by atoms with Crippen LogP contribution in [-0.4, -0.2) is 51.2 Å². The van der Waals surface area contributed by atoms with Gasteiger partial charge in [0.15, 0.2) is 5.65 Å². The van der Waals surface area contributed by atoms with Gasteiger partial charge in [-0.05, 0) is 58.6 Å². The third-order valence-electron chi connectivity index (χ3n) is 6.16. The van der Waals surface area contributed by atoms with Gasteiger partial charge in [0.25, 0.3) is 5.91 Å². The highest BCUT2D eigenvalue weighted by Gasteiger charge is 2.24. The Morgan fingerprint density at radius 3 is 2.50 bits per heavy atom. The van der Waals surface area contributed by atoms with Crippen molar-refractivity contribution in [1.29, 1.82) is 0 Å². The summed E-state index contributed by atoms with van der Waals surface area (Å²) in [6, 6.07) is 4.49. The summed E-state index contributed by atoms with van der Waals surface area (Å²) in [5, 5.41) is 8.69. The number of aryl methyl sites for hydroxylation is 2. The Morgan fingerprint density at radius 1 is 1.19 bits per heavy atom. The summed E-state index contributed by atoms with van der Waals surface area (Å²) in [5.41, 5.74) is 3.39. The second-order valence-electron chi connectivity index (χ2n) is 9.74. The fourth-order valence-electron chi connectivity index (χ4n) is 4.65. The van der Waals surface area contributed by atoms with Crippen LogP contribution in [0.1, 0.15) is 66.7 Å². The summed E-state index contributed by atoms with van der Waals surface area (Å²) in [7, 11) is 0. The van der Waals surface area contributed by atoms with E-state index < -0.39 is 0 Å². The number of carbonyl (C=O) groups is 1. The number of thiophene rings is 1. The largest absolute Gasteiger partial charge is 0.349 e. The lowest BCUT2D eigenvalue weighted by atomic mass is 10.0. The number of fused-ring (bicyclic) bond motifs is 1. The molecule has 1 saturated heterocycles. The zero-order valence-electron chi connectivity index (χ0n) is 20.1. The van der Waals surface area contributed by atoms with Crippen LogP contribution in [0.3, 0.4) is 0 Å². The second-order valence-corrected chi connectivity index (χ2v) is 11.2.